The van der Waals surface area contributed by atoms with Crippen LogP contribution >= 0.6 is 0 Å². The molecule has 96 valence electrons. The van der Waals surface area contributed by atoms with Gasteiger partial charge in [0.25, 0.3) is 0 Å². The third kappa shape index (κ3) is 8.52. The van der Waals surface area contributed by atoms with Crippen molar-refractivity contribution >= 4 is 5.91 Å². The van der Waals surface area contributed by atoms with Crippen LogP contribution in [0.1, 0.15) is 33.6 Å². The molecule has 0 saturated carbocycles. The molecule has 6 heteroatoms. The van der Waals surface area contributed by atoms with Crippen LogP contribution in [0.2, 0.25) is 0 Å². The second-order valence-electron chi connectivity index (χ2n) is 4.40. The lowest BCUT2D eigenvalue weighted by molar-refractivity contribution is -0.129. The van der Waals surface area contributed by atoms with E-state index in [-0.39, 0.29) is 12.1 Å². The van der Waals surface area contributed by atoms with Gasteiger partial charge >= 0.3 is 6.18 Å². The van der Waals surface area contributed by atoms with E-state index in [4.69, 9.17) is 0 Å². The van der Waals surface area contributed by atoms with Crippen LogP contribution in [-0.4, -0.2) is 30.7 Å². The Hall–Kier alpha value is -0.780. The van der Waals surface area contributed by atoms with Crippen LogP contribution in [0.15, 0.2) is 0 Å². The zero-order valence-electron chi connectivity index (χ0n) is 9.87. The first-order valence-corrected chi connectivity index (χ1v) is 5.25. The summed E-state index contributed by atoms with van der Waals surface area (Å²) in [5.41, 5.74) is -0.369. The van der Waals surface area contributed by atoms with Gasteiger partial charge in [0.2, 0.25) is 5.91 Å². The number of hydrogen-bond donors (Lipinski definition) is 2. The Labute approximate surface area is 93.8 Å². The fourth-order valence-corrected chi connectivity index (χ4v) is 1.43. The van der Waals surface area contributed by atoms with Crippen LogP contribution in [0.3, 0.4) is 0 Å². The number of halogens is 3. The average Bonchev–Trinajstić information content (AvgIpc) is 1.99. The zero-order chi connectivity index (χ0) is 12.8. The smallest absolute Gasteiger partial charge is 0.350 e. The normalized spacial score (nSPS) is 12.6. The van der Waals surface area contributed by atoms with Gasteiger partial charge in [0.1, 0.15) is 0 Å². The van der Waals surface area contributed by atoms with E-state index in [1.807, 2.05) is 20.8 Å². The lowest BCUT2D eigenvalue weighted by Crippen LogP contribution is -2.47. The number of hydrogen-bond acceptors (Lipinski definition) is 2. The van der Waals surface area contributed by atoms with Crippen LogP contribution in [0.4, 0.5) is 13.2 Å². The maximum absolute atomic E-state index is 11.8. The molecule has 0 spiro atoms. The number of carbonyl (C=O) groups excluding carboxylic acids is 1. The van der Waals surface area contributed by atoms with Gasteiger partial charge in [-0.15, -0.1) is 0 Å². The predicted molar refractivity (Wildman–Crippen MR) is 56.1 cm³/mol. The molecule has 3 nitrogen and oxygen atoms in total. The Bertz CT molecular complexity index is 227. The van der Waals surface area contributed by atoms with Gasteiger partial charge in [-0.3, -0.25) is 4.79 Å². The fourth-order valence-electron chi connectivity index (χ4n) is 1.43. The highest BCUT2D eigenvalue weighted by atomic mass is 19.4. The molecule has 0 aromatic rings. The van der Waals surface area contributed by atoms with E-state index in [2.05, 4.69) is 10.6 Å². The minimum Gasteiger partial charge on any atom is -0.350 e. The molecule has 0 atom stereocenters. The van der Waals surface area contributed by atoms with Crippen LogP contribution in [0.5, 0.6) is 0 Å². The molecule has 0 aliphatic rings. The van der Waals surface area contributed by atoms with E-state index < -0.39 is 18.6 Å². The molecular formula is C10H19F3N2O. The molecule has 0 unspecified atom stereocenters. The van der Waals surface area contributed by atoms with Crippen molar-refractivity contribution in [3.63, 3.8) is 0 Å². The van der Waals surface area contributed by atoms with Crippen molar-refractivity contribution in [1.29, 1.82) is 0 Å². The lowest BCUT2D eigenvalue weighted by atomic mass is 9.99. The fraction of sp³-hybridized carbons (Fsp3) is 0.900. The Balaban J connectivity index is 3.83. The van der Waals surface area contributed by atoms with Crippen LogP contribution in [0.25, 0.3) is 0 Å². The highest BCUT2D eigenvalue weighted by Gasteiger charge is 2.27. The van der Waals surface area contributed by atoms with Crippen molar-refractivity contribution in [2.75, 3.05) is 13.1 Å². The topological polar surface area (TPSA) is 41.1 Å². The van der Waals surface area contributed by atoms with Crippen molar-refractivity contribution in [2.24, 2.45) is 0 Å². The Morgan fingerprint density at radius 3 is 2.25 bits per heavy atom. The van der Waals surface area contributed by atoms with Crippen molar-refractivity contribution in [3.8, 4) is 0 Å². The summed E-state index contributed by atoms with van der Waals surface area (Å²) >= 11 is 0. The summed E-state index contributed by atoms with van der Waals surface area (Å²) in [6.45, 7) is 4.22. The van der Waals surface area contributed by atoms with Gasteiger partial charge in [0.05, 0.1) is 13.1 Å². The highest BCUT2D eigenvalue weighted by Crippen LogP contribution is 2.12. The summed E-state index contributed by atoms with van der Waals surface area (Å²) in [6.07, 6.45) is -2.58. The summed E-state index contributed by atoms with van der Waals surface area (Å²) in [7, 11) is 0. The lowest BCUT2D eigenvalue weighted by Gasteiger charge is -2.25. The third-order valence-corrected chi connectivity index (χ3v) is 1.96. The number of carbonyl (C=O) groups is 1. The molecule has 0 aromatic heterocycles. The Kier molecular flexibility index (Phi) is 5.78. The summed E-state index contributed by atoms with van der Waals surface area (Å²) in [4.78, 5) is 11.3. The average molecular weight is 240 g/mol. The van der Waals surface area contributed by atoms with Gasteiger partial charge < -0.3 is 10.6 Å². The molecule has 0 saturated heterocycles. The summed E-state index contributed by atoms with van der Waals surface area (Å²) in [6, 6.07) is 0. The van der Waals surface area contributed by atoms with Crippen LogP contribution < -0.4 is 10.6 Å². The van der Waals surface area contributed by atoms with E-state index in [1.54, 1.807) is 0 Å². The molecule has 0 heterocycles. The van der Waals surface area contributed by atoms with E-state index >= 15 is 0 Å². The van der Waals surface area contributed by atoms with Gasteiger partial charge in [-0.1, -0.05) is 13.3 Å². The second-order valence-corrected chi connectivity index (χ2v) is 4.40. The standard InChI is InChI=1S/C10H19F3N2O/c1-4-5-9(2,3)15-8(16)6-14-7-10(11,12)13/h14H,4-7H2,1-3H3,(H,15,16). The van der Waals surface area contributed by atoms with E-state index in [0.29, 0.717) is 0 Å². The van der Waals surface area contributed by atoms with E-state index in [0.717, 1.165) is 12.8 Å². The first-order chi connectivity index (χ1) is 7.16. The first-order valence-electron chi connectivity index (χ1n) is 5.25. The maximum Gasteiger partial charge on any atom is 0.401 e. The minimum absolute atomic E-state index is 0.313. The predicted octanol–water partition coefficient (Wildman–Crippen LogP) is 1.83. The molecule has 16 heavy (non-hydrogen) atoms. The van der Waals surface area contributed by atoms with Gasteiger partial charge in [-0.25, -0.2) is 0 Å². The van der Waals surface area contributed by atoms with Crippen LogP contribution in [0, 0.1) is 0 Å². The summed E-state index contributed by atoms with van der Waals surface area (Å²) in [5, 5.41) is 4.73. The van der Waals surface area contributed by atoms with Crippen LogP contribution in [-0.2, 0) is 4.79 Å². The zero-order valence-corrected chi connectivity index (χ0v) is 9.87. The second kappa shape index (κ2) is 6.08. The summed E-state index contributed by atoms with van der Waals surface area (Å²) in [5.74, 6) is -0.414. The molecule has 0 fully saturated rings. The maximum atomic E-state index is 11.8. The van der Waals surface area contributed by atoms with E-state index in [1.165, 1.54) is 0 Å². The molecule has 0 bridgehead atoms. The Morgan fingerprint density at radius 1 is 1.25 bits per heavy atom. The number of nitrogens with one attached hydrogen (secondary N) is 2. The third-order valence-electron chi connectivity index (χ3n) is 1.96. The Morgan fingerprint density at radius 2 is 1.81 bits per heavy atom. The molecule has 0 rings (SSSR count). The molecular weight excluding hydrogens is 221 g/mol. The van der Waals surface area contributed by atoms with Gasteiger partial charge in [0.15, 0.2) is 0 Å². The quantitative estimate of drug-likeness (QED) is 0.743. The SMILES string of the molecule is CCCC(C)(C)NC(=O)CNCC(F)(F)F. The van der Waals surface area contributed by atoms with Crippen molar-refractivity contribution in [2.45, 2.75) is 45.3 Å². The van der Waals surface area contributed by atoms with Gasteiger partial charge in [-0.05, 0) is 20.3 Å². The number of alkyl halides is 3. The highest BCUT2D eigenvalue weighted by molar-refractivity contribution is 5.78. The monoisotopic (exact) mass is 240 g/mol. The molecule has 2 N–H and O–H groups in total. The minimum atomic E-state index is -4.28. The van der Waals surface area contributed by atoms with Crippen molar-refractivity contribution in [1.82, 2.24) is 10.6 Å². The molecule has 0 aromatic carbocycles. The number of rotatable bonds is 6. The number of amides is 1. The van der Waals surface area contributed by atoms with Gasteiger partial charge in [0, 0.05) is 5.54 Å². The van der Waals surface area contributed by atoms with E-state index in [9.17, 15) is 18.0 Å². The molecule has 0 aliphatic heterocycles. The first kappa shape index (κ1) is 15.2. The molecule has 1 amide bonds. The van der Waals surface area contributed by atoms with Crippen molar-refractivity contribution < 1.29 is 18.0 Å². The molecule has 0 radical (unpaired) electrons. The molecule has 0 aliphatic carbocycles. The van der Waals surface area contributed by atoms with Gasteiger partial charge in [-0.2, -0.15) is 13.2 Å². The summed E-state index contributed by atoms with van der Waals surface area (Å²) < 4.78 is 35.3. The van der Waals surface area contributed by atoms with Crippen molar-refractivity contribution in [3.05, 3.63) is 0 Å². The largest absolute Gasteiger partial charge is 0.401 e.